The number of hydrogen-bond acceptors (Lipinski definition) is 5. The van der Waals surface area contributed by atoms with Gasteiger partial charge in [0.05, 0.1) is 30.1 Å². The lowest BCUT2D eigenvalue weighted by atomic mass is 9.62. The van der Waals surface area contributed by atoms with Crippen molar-refractivity contribution in [3.05, 3.63) is 0 Å². The highest BCUT2D eigenvalue weighted by molar-refractivity contribution is 5.99. The molecule has 3 N–H and O–H groups in total. The molecule has 8 heteroatoms. The number of ether oxygens (including phenoxy) is 1. The second kappa shape index (κ2) is 8.77. The number of nitrogens with one attached hydrogen (secondary N) is 2. The summed E-state index contributed by atoms with van der Waals surface area (Å²) < 4.78 is 6.68. The summed E-state index contributed by atoms with van der Waals surface area (Å²) in [6, 6.07) is -1.47. The van der Waals surface area contributed by atoms with Crippen molar-refractivity contribution >= 4 is 17.7 Å². The normalized spacial score (nSPS) is 35.9. The Morgan fingerprint density at radius 2 is 1.85 bits per heavy atom. The summed E-state index contributed by atoms with van der Waals surface area (Å²) in [5.41, 5.74) is -2.43. The lowest BCUT2D eigenvalue weighted by molar-refractivity contribution is -0.151. The van der Waals surface area contributed by atoms with Crippen LogP contribution in [0.1, 0.15) is 81.6 Å². The summed E-state index contributed by atoms with van der Waals surface area (Å²) in [7, 11) is 0. The number of carbonyl (C=O) groups is 3. The Labute approximate surface area is 204 Å². The first-order chi connectivity index (χ1) is 15.5. The van der Waals surface area contributed by atoms with Crippen LogP contribution in [0, 0.1) is 23.2 Å². The molecule has 1 spiro atoms. The van der Waals surface area contributed by atoms with E-state index >= 15 is 0 Å². The summed E-state index contributed by atoms with van der Waals surface area (Å²) in [6.45, 7) is 18.3. The molecule has 3 heterocycles. The third-order valence-corrected chi connectivity index (χ3v) is 8.01. The molecule has 0 radical (unpaired) electrons. The lowest BCUT2D eigenvalue weighted by Crippen LogP contribution is -2.61. The van der Waals surface area contributed by atoms with Crippen LogP contribution in [0.3, 0.4) is 0 Å². The second-order valence-electron chi connectivity index (χ2n) is 12.9. The van der Waals surface area contributed by atoms with Gasteiger partial charge in [-0.05, 0) is 58.3 Å². The zero-order valence-electron chi connectivity index (χ0n) is 22.4. The van der Waals surface area contributed by atoms with E-state index in [-0.39, 0.29) is 35.7 Å². The van der Waals surface area contributed by atoms with Gasteiger partial charge < -0.3 is 25.4 Å². The molecular weight excluding hydrogens is 434 g/mol. The maximum atomic E-state index is 13.9. The first-order valence-corrected chi connectivity index (χ1v) is 12.8. The van der Waals surface area contributed by atoms with Gasteiger partial charge in [0.15, 0.2) is 0 Å². The van der Waals surface area contributed by atoms with Crippen LogP contribution < -0.4 is 10.6 Å². The Balaban J connectivity index is 2.05. The van der Waals surface area contributed by atoms with E-state index in [0.29, 0.717) is 13.0 Å². The fourth-order valence-corrected chi connectivity index (χ4v) is 7.07. The molecule has 3 saturated heterocycles. The van der Waals surface area contributed by atoms with E-state index in [9.17, 15) is 19.5 Å². The summed E-state index contributed by atoms with van der Waals surface area (Å²) in [6.07, 6.45) is 2.05. The van der Waals surface area contributed by atoms with E-state index in [1.165, 1.54) is 4.90 Å². The van der Waals surface area contributed by atoms with Crippen LogP contribution in [0.15, 0.2) is 0 Å². The quantitative estimate of drug-likeness (QED) is 0.495. The molecule has 34 heavy (non-hydrogen) atoms. The van der Waals surface area contributed by atoms with E-state index in [1.807, 2.05) is 34.6 Å². The van der Waals surface area contributed by atoms with Crippen LogP contribution in [-0.2, 0) is 19.1 Å². The predicted octanol–water partition coefficient (Wildman–Crippen LogP) is 2.24. The molecule has 3 rings (SSSR count). The molecule has 0 saturated carbocycles. The third kappa shape index (κ3) is 4.25. The zero-order valence-corrected chi connectivity index (χ0v) is 22.4. The molecule has 0 aromatic heterocycles. The van der Waals surface area contributed by atoms with Crippen LogP contribution in [0.25, 0.3) is 0 Å². The van der Waals surface area contributed by atoms with Crippen LogP contribution in [0.2, 0.25) is 0 Å². The standard InChI is InChI=1S/C26H45N3O5/c1-10-11-27-20(31)17-18-22(33)29(16(3)13-30)19(26(18)12-15(2)25(17,9)34-26)21(32)28-24(7,8)14-23(4,5)6/h15-19,30H,10-14H2,1-9H3,(H,27,31)(H,28,32)/t15?,16-,17+,18+,19?,25-,26?/m1/s1. The van der Waals surface area contributed by atoms with Crippen molar-refractivity contribution in [2.75, 3.05) is 13.2 Å². The minimum atomic E-state index is -1.09. The van der Waals surface area contributed by atoms with Crippen molar-refractivity contribution in [1.82, 2.24) is 15.5 Å². The fourth-order valence-electron chi connectivity index (χ4n) is 7.07. The molecule has 3 aliphatic heterocycles. The highest BCUT2D eigenvalue weighted by atomic mass is 16.5. The number of aliphatic hydroxyl groups is 1. The van der Waals surface area contributed by atoms with Crippen LogP contribution >= 0.6 is 0 Å². The van der Waals surface area contributed by atoms with Gasteiger partial charge >= 0.3 is 0 Å². The Bertz CT molecular complexity index is 837. The van der Waals surface area contributed by atoms with Crippen molar-refractivity contribution in [3.8, 4) is 0 Å². The zero-order chi connectivity index (χ0) is 25.9. The molecule has 0 aliphatic carbocycles. The van der Waals surface area contributed by atoms with Crippen molar-refractivity contribution in [3.63, 3.8) is 0 Å². The molecule has 3 unspecified atom stereocenters. The molecule has 8 nitrogen and oxygen atoms in total. The first-order valence-electron chi connectivity index (χ1n) is 12.8. The van der Waals surface area contributed by atoms with Crippen LogP contribution in [0.4, 0.5) is 0 Å². The molecular formula is C26H45N3O5. The van der Waals surface area contributed by atoms with Gasteiger partial charge in [0.1, 0.15) is 11.6 Å². The monoisotopic (exact) mass is 479 g/mol. The van der Waals surface area contributed by atoms with E-state index < -0.39 is 40.7 Å². The minimum Gasteiger partial charge on any atom is -0.394 e. The average molecular weight is 480 g/mol. The lowest BCUT2D eigenvalue weighted by Gasteiger charge is -2.39. The molecule has 194 valence electrons. The number of nitrogens with zero attached hydrogens (tertiary/aromatic N) is 1. The number of carbonyl (C=O) groups excluding carboxylic acids is 3. The van der Waals surface area contributed by atoms with E-state index in [0.717, 1.165) is 12.8 Å². The Kier molecular flexibility index (Phi) is 6.94. The van der Waals surface area contributed by atoms with Gasteiger partial charge in [-0.2, -0.15) is 0 Å². The maximum absolute atomic E-state index is 13.9. The van der Waals surface area contributed by atoms with Crippen molar-refractivity contribution < 1.29 is 24.2 Å². The van der Waals surface area contributed by atoms with E-state index in [1.54, 1.807) is 6.92 Å². The Morgan fingerprint density at radius 3 is 2.38 bits per heavy atom. The number of rotatable bonds is 8. The number of fused-ring (bicyclic) bond motifs is 1. The molecule has 7 atom stereocenters. The summed E-state index contributed by atoms with van der Waals surface area (Å²) in [5, 5.41) is 16.1. The van der Waals surface area contributed by atoms with Gasteiger partial charge in [0, 0.05) is 12.1 Å². The summed E-state index contributed by atoms with van der Waals surface area (Å²) in [4.78, 5) is 42.7. The SMILES string of the molecule is CCCNC(=O)[C@@H]1[C@H]2C(=O)N([C@H](C)CO)C(C(=O)NC(C)(C)CC(C)(C)C)C23CC(C)[C@@]1(C)O3. The van der Waals surface area contributed by atoms with Gasteiger partial charge in [-0.25, -0.2) is 0 Å². The topological polar surface area (TPSA) is 108 Å². The van der Waals surface area contributed by atoms with Crippen LogP contribution in [-0.4, -0.2) is 69.7 Å². The molecule has 3 fully saturated rings. The van der Waals surface area contributed by atoms with Crippen LogP contribution in [0.5, 0.6) is 0 Å². The summed E-state index contributed by atoms with van der Waals surface area (Å²) in [5.74, 6) is -2.18. The summed E-state index contributed by atoms with van der Waals surface area (Å²) >= 11 is 0. The van der Waals surface area contributed by atoms with Crippen molar-refractivity contribution in [2.45, 2.75) is 110 Å². The highest BCUT2D eigenvalue weighted by Gasteiger charge is 2.80. The van der Waals surface area contributed by atoms with Gasteiger partial charge in [0.25, 0.3) is 0 Å². The number of likely N-dealkylation sites (tertiary alicyclic amines) is 1. The first kappa shape index (κ1) is 26.9. The third-order valence-electron chi connectivity index (χ3n) is 8.01. The average Bonchev–Trinajstić information content (AvgIpc) is 3.20. The molecule has 0 aromatic rings. The predicted molar refractivity (Wildman–Crippen MR) is 130 cm³/mol. The number of amides is 3. The Morgan fingerprint density at radius 1 is 1.24 bits per heavy atom. The number of hydrogen-bond donors (Lipinski definition) is 3. The molecule has 2 bridgehead atoms. The van der Waals surface area contributed by atoms with E-state index in [4.69, 9.17) is 4.74 Å². The second-order valence-corrected chi connectivity index (χ2v) is 12.9. The van der Waals surface area contributed by atoms with Gasteiger partial charge in [-0.15, -0.1) is 0 Å². The highest BCUT2D eigenvalue weighted by Crippen LogP contribution is 2.65. The number of aliphatic hydroxyl groups excluding tert-OH is 1. The largest absolute Gasteiger partial charge is 0.394 e. The Hall–Kier alpha value is -1.67. The molecule has 3 amide bonds. The van der Waals surface area contributed by atoms with Crippen molar-refractivity contribution in [2.24, 2.45) is 23.2 Å². The van der Waals surface area contributed by atoms with Gasteiger partial charge in [-0.3, -0.25) is 14.4 Å². The van der Waals surface area contributed by atoms with Gasteiger partial charge in [-0.1, -0.05) is 34.6 Å². The van der Waals surface area contributed by atoms with Crippen molar-refractivity contribution in [1.29, 1.82) is 0 Å². The smallest absolute Gasteiger partial charge is 0.246 e. The van der Waals surface area contributed by atoms with E-state index in [2.05, 4.69) is 31.4 Å². The maximum Gasteiger partial charge on any atom is 0.246 e. The van der Waals surface area contributed by atoms with Gasteiger partial charge in [0.2, 0.25) is 17.7 Å². The molecule has 3 aliphatic rings. The molecule has 0 aromatic carbocycles. The fraction of sp³-hybridized carbons (Fsp3) is 0.885. The minimum absolute atomic E-state index is 0.00352.